The van der Waals surface area contributed by atoms with Gasteiger partial charge in [0.2, 0.25) is 0 Å². The Bertz CT molecular complexity index is 282. The van der Waals surface area contributed by atoms with Crippen LogP contribution in [0.15, 0.2) is 30.3 Å². The maximum absolute atomic E-state index is 11.7. The molecule has 0 heterocycles. The van der Waals surface area contributed by atoms with E-state index >= 15 is 0 Å². The van der Waals surface area contributed by atoms with Crippen molar-refractivity contribution in [3.05, 3.63) is 35.9 Å². The fourth-order valence-electron chi connectivity index (χ4n) is 1.55. The van der Waals surface area contributed by atoms with Crippen LogP contribution in [0.3, 0.4) is 0 Å². The molecule has 2 heteroatoms. The first-order chi connectivity index (χ1) is 6.79. The summed E-state index contributed by atoms with van der Waals surface area (Å²) in [7, 11) is 1.82. The molecule has 0 aliphatic heterocycles. The molecule has 0 aromatic heterocycles. The molecule has 0 aliphatic rings. The van der Waals surface area contributed by atoms with Gasteiger partial charge in [0.1, 0.15) is 0 Å². The molecule has 76 valence electrons. The molecule has 0 amide bonds. The van der Waals surface area contributed by atoms with Gasteiger partial charge in [-0.3, -0.25) is 4.79 Å². The highest BCUT2D eigenvalue weighted by Crippen LogP contribution is 2.15. The van der Waals surface area contributed by atoms with Crippen molar-refractivity contribution in [1.29, 1.82) is 0 Å². The summed E-state index contributed by atoms with van der Waals surface area (Å²) in [5.74, 6) is 0.265. The third kappa shape index (κ3) is 2.67. The van der Waals surface area contributed by atoms with E-state index in [0.29, 0.717) is 6.42 Å². The van der Waals surface area contributed by atoms with Crippen molar-refractivity contribution < 1.29 is 4.79 Å². The summed E-state index contributed by atoms with van der Waals surface area (Å²) in [6, 6.07) is 9.69. The van der Waals surface area contributed by atoms with Crippen molar-refractivity contribution in [2.24, 2.45) is 0 Å². The Hall–Kier alpha value is -1.15. The van der Waals surface area contributed by atoms with E-state index < -0.39 is 0 Å². The van der Waals surface area contributed by atoms with Crippen LogP contribution in [0.4, 0.5) is 0 Å². The average molecular weight is 191 g/mol. The quantitative estimate of drug-likeness (QED) is 0.773. The van der Waals surface area contributed by atoms with E-state index in [2.05, 4.69) is 5.32 Å². The molecule has 0 saturated carbocycles. The van der Waals surface area contributed by atoms with Gasteiger partial charge >= 0.3 is 0 Å². The molecule has 0 aliphatic carbocycles. The minimum Gasteiger partial charge on any atom is -0.307 e. The number of carbonyl (C=O) groups is 1. The Morgan fingerprint density at radius 2 is 2.00 bits per heavy atom. The van der Waals surface area contributed by atoms with Gasteiger partial charge in [-0.15, -0.1) is 0 Å². The summed E-state index contributed by atoms with van der Waals surface area (Å²) >= 11 is 0. The van der Waals surface area contributed by atoms with Crippen LogP contribution >= 0.6 is 0 Å². The maximum Gasteiger partial charge on any atom is 0.154 e. The predicted molar refractivity (Wildman–Crippen MR) is 58.2 cm³/mol. The Morgan fingerprint density at radius 1 is 1.36 bits per heavy atom. The van der Waals surface area contributed by atoms with Crippen LogP contribution in [0, 0.1) is 0 Å². The molecule has 1 rings (SSSR count). The lowest BCUT2D eigenvalue weighted by Crippen LogP contribution is -2.25. The lowest BCUT2D eigenvalue weighted by atomic mass is 10.0. The number of nitrogens with one attached hydrogen (secondary N) is 1. The van der Waals surface area contributed by atoms with Gasteiger partial charge in [-0.2, -0.15) is 0 Å². The summed E-state index contributed by atoms with van der Waals surface area (Å²) in [6.45, 7) is 2.02. The van der Waals surface area contributed by atoms with Crippen molar-refractivity contribution in [3.8, 4) is 0 Å². The Balaban J connectivity index is 2.77. The van der Waals surface area contributed by atoms with Crippen LogP contribution in [-0.4, -0.2) is 12.8 Å². The highest BCUT2D eigenvalue weighted by atomic mass is 16.1. The average Bonchev–Trinajstić information content (AvgIpc) is 2.21. The molecule has 1 aromatic carbocycles. The molecule has 0 fully saturated rings. The zero-order valence-corrected chi connectivity index (χ0v) is 8.79. The van der Waals surface area contributed by atoms with E-state index in [0.717, 1.165) is 12.0 Å². The molecule has 14 heavy (non-hydrogen) atoms. The van der Waals surface area contributed by atoms with Crippen LogP contribution in [0.5, 0.6) is 0 Å². The Morgan fingerprint density at radius 3 is 2.50 bits per heavy atom. The van der Waals surface area contributed by atoms with Crippen molar-refractivity contribution >= 4 is 5.78 Å². The van der Waals surface area contributed by atoms with E-state index in [1.165, 1.54) is 0 Å². The Labute approximate surface area is 85.3 Å². The summed E-state index contributed by atoms with van der Waals surface area (Å²) < 4.78 is 0. The molecular weight excluding hydrogens is 174 g/mol. The SMILES string of the molecule is CCCC(=O)[C@H](NC)c1ccccc1. The maximum atomic E-state index is 11.7. The van der Waals surface area contributed by atoms with Crippen LogP contribution in [-0.2, 0) is 4.79 Å². The van der Waals surface area contributed by atoms with Gasteiger partial charge in [0, 0.05) is 6.42 Å². The van der Waals surface area contributed by atoms with Gasteiger partial charge in [0.25, 0.3) is 0 Å². The Kier molecular flexibility index (Phi) is 4.33. The monoisotopic (exact) mass is 191 g/mol. The number of rotatable bonds is 5. The van der Waals surface area contributed by atoms with Crippen LogP contribution in [0.2, 0.25) is 0 Å². The molecule has 0 unspecified atom stereocenters. The predicted octanol–water partition coefficient (Wildman–Crippen LogP) is 2.32. The van der Waals surface area contributed by atoms with Crippen molar-refractivity contribution in [1.82, 2.24) is 5.32 Å². The van der Waals surface area contributed by atoms with E-state index in [4.69, 9.17) is 0 Å². The summed E-state index contributed by atoms with van der Waals surface area (Å²) in [4.78, 5) is 11.7. The summed E-state index contributed by atoms with van der Waals surface area (Å²) in [6.07, 6.45) is 1.55. The largest absolute Gasteiger partial charge is 0.307 e. The second-order valence-electron chi connectivity index (χ2n) is 3.35. The van der Waals surface area contributed by atoms with Crippen molar-refractivity contribution in [3.63, 3.8) is 0 Å². The highest BCUT2D eigenvalue weighted by Gasteiger charge is 2.16. The van der Waals surface area contributed by atoms with E-state index in [-0.39, 0.29) is 11.8 Å². The van der Waals surface area contributed by atoms with E-state index in [9.17, 15) is 4.79 Å². The first-order valence-corrected chi connectivity index (χ1v) is 5.04. The molecule has 1 atom stereocenters. The zero-order valence-electron chi connectivity index (χ0n) is 8.79. The number of benzene rings is 1. The fraction of sp³-hybridized carbons (Fsp3) is 0.417. The first-order valence-electron chi connectivity index (χ1n) is 5.04. The van der Waals surface area contributed by atoms with E-state index in [1.54, 1.807) is 0 Å². The lowest BCUT2D eigenvalue weighted by Gasteiger charge is -2.14. The van der Waals surface area contributed by atoms with Gasteiger partial charge in [-0.05, 0) is 19.0 Å². The topological polar surface area (TPSA) is 29.1 Å². The lowest BCUT2D eigenvalue weighted by molar-refractivity contribution is -0.121. The molecule has 0 radical (unpaired) electrons. The second kappa shape index (κ2) is 5.55. The third-order valence-corrected chi connectivity index (χ3v) is 2.24. The number of carbonyl (C=O) groups excluding carboxylic acids is 1. The third-order valence-electron chi connectivity index (χ3n) is 2.24. The summed E-state index contributed by atoms with van der Waals surface area (Å²) in [5.41, 5.74) is 1.05. The molecule has 0 bridgehead atoms. The minimum absolute atomic E-state index is 0.142. The number of hydrogen-bond donors (Lipinski definition) is 1. The molecular formula is C12H17NO. The van der Waals surface area contributed by atoms with Crippen LogP contribution in [0.25, 0.3) is 0 Å². The molecule has 1 aromatic rings. The first kappa shape index (κ1) is 10.9. The normalized spacial score (nSPS) is 12.4. The fourth-order valence-corrected chi connectivity index (χ4v) is 1.55. The number of hydrogen-bond acceptors (Lipinski definition) is 2. The summed E-state index contributed by atoms with van der Waals surface area (Å²) in [5, 5.41) is 3.05. The number of likely N-dealkylation sites (N-methyl/N-ethyl adjacent to an activating group) is 1. The van der Waals surface area contributed by atoms with Crippen molar-refractivity contribution in [2.75, 3.05) is 7.05 Å². The van der Waals surface area contributed by atoms with Gasteiger partial charge in [-0.1, -0.05) is 37.3 Å². The van der Waals surface area contributed by atoms with Gasteiger partial charge < -0.3 is 5.32 Å². The van der Waals surface area contributed by atoms with Crippen LogP contribution < -0.4 is 5.32 Å². The van der Waals surface area contributed by atoms with Crippen molar-refractivity contribution in [2.45, 2.75) is 25.8 Å². The van der Waals surface area contributed by atoms with Gasteiger partial charge in [0.05, 0.1) is 6.04 Å². The number of Topliss-reactive ketones (excluding diaryl/α,β-unsaturated/α-hetero) is 1. The smallest absolute Gasteiger partial charge is 0.154 e. The number of ketones is 1. The standard InChI is InChI=1S/C12H17NO/c1-3-7-11(14)12(13-2)10-8-5-4-6-9-10/h4-6,8-9,12-13H,3,7H2,1-2H3/t12-/m1/s1. The molecule has 1 N–H and O–H groups in total. The van der Waals surface area contributed by atoms with Crippen LogP contribution in [0.1, 0.15) is 31.4 Å². The minimum atomic E-state index is -0.142. The van der Waals surface area contributed by atoms with Gasteiger partial charge in [0.15, 0.2) is 5.78 Å². The second-order valence-corrected chi connectivity index (χ2v) is 3.35. The highest BCUT2D eigenvalue weighted by molar-refractivity contribution is 5.85. The molecule has 0 saturated heterocycles. The zero-order chi connectivity index (χ0) is 10.4. The molecule has 2 nitrogen and oxygen atoms in total. The van der Waals surface area contributed by atoms with E-state index in [1.807, 2.05) is 44.3 Å². The van der Waals surface area contributed by atoms with Gasteiger partial charge in [-0.25, -0.2) is 0 Å². The molecule has 0 spiro atoms.